The summed E-state index contributed by atoms with van der Waals surface area (Å²) in [6.07, 6.45) is 1.70. The van der Waals surface area contributed by atoms with Gasteiger partial charge < -0.3 is 5.32 Å². The molecule has 0 spiro atoms. The third-order valence-electron chi connectivity index (χ3n) is 2.21. The smallest absolute Gasteiger partial charge is 0.214 e. The molecule has 13 heavy (non-hydrogen) atoms. The lowest BCUT2D eigenvalue weighted by Crippen LogP contribution is -2.29. The van der Waals surface area contributed by atoms with Crippen molar-refractivity contribution < 1.29 is 8.42 Å². The normalized spacial score (nSPS) is 22.2. The van der Waals surface area contributed by atoms with Gasteiger partial charge >= 0.3 is 0 Å². The summed E-state index contributed by atoms with van der Waals surface area (Å²) in [6.45, 7) is 5.30. The Kier molecular flexibility index (Phi) is 4.15. The van der Waals surface area contributed by atoms with Gasteiger partial charge in [0.2, 0.25) is 10.0 Å². The quantitative estimate of drug-likeness (QED) is 0.645. The molecule has 1 heterocycles. The fraction of sp³-hybridized carbons (Fsp3) is 1.00. The van der Waals surface area contributed by atoms with Crippen LogP contribution in [0.15, 0.2) is 0 Å². The lowest BCUT2D eigenvalue weighted by atomic mass is 10.4. The largest absolute Gasteiger partial charge is 0.317 e. The minimum absolute atomic E-state index is 0.341. The van der Waals surface area contributed by atoms with Crippen molar-refractivity contribution in [1.82, 2.24) is 9.62 Å². The second-order valence-electron chi connectivity index (χ2n) is 3.28. The molecule has 1 rings (SSSR count). The van der Waals surface area contributed by atoms with Crippen LogP contribution in [0.25, 0.3) is 0 Å². The van der Waals surface area contributed by atoms with E-state index in [0.29, 0.717) is 18.8 Å². The fourth-order valence-electron chi connectivity index (χ4n) is 1.50. The van der Waals surface area contributed by atoms with E-state index < -0.39 is 10.0 Å². The minimum atomic E-state index is -2.87. The third kappa shape index (κ3) is 3.25. The van der Waals surface area contributed by atoms with Crippen molar-refractivity contribution in [1.29, 1.82) is 0 Å². The molecule has 0 saturated carbocycles. The molecule has 0 amide bonds. The molecule has 5 heteroatoms. The van der Waals surface area contributed by atoms with Gasteiger partial charge in [-0.2, -0.15) is 0 Å². The van der Waals surface area contributed by atoms with Crippen molar-refractivity contribution in [2.75, 3.05) is 31.9 Å². The summed E-state index contributed by atoms with van der Waals surface area (Å²) >= 11 is 0. The molecule has 1 saturated heterocycles. The first-order valence-corrected chi connectivity index (χ1v) is 6.46. The molecular formula is C8H18N2O2S. The molecule has 0 atom stereocenters. The van der Waals surface area contributed by atoms with E-state index in [4.69, 9.17) is 0 Å². The van der Waals surface area contributed by atoms with Crippen LogP contribution in [0.2, 0.25) is 0 Å². The van der Waals surface area contributed by atoms with Gasteiger partial charge in [-0.25, -0.2) is 12.7 Å². The van der Waals surface area contributed by atoms with Crippen LogP contribution in [-0.4, -0.2) is 44.7 Å². The summed E-state index contributed by atoms with van der Waals surface area (Å²) < 4.78 is 24.3. The molecule has 0 bridgehead atoms. The first-order chi connectivity index (χ1) is 6.17. The van der Waals surface area contributed by atoms with Crippen molar-refractivity contribution in [3.05, 3.63) is 0 Å². The van der Waals surface area contributed by atoms with E-state index in [-0.39, 0.29) is 0 Å². The zero-order valence-corrected chi connectivity index (χ0v) is 8.94. The Balaban J connectivity index is 2.22. The molecule has 0 aromatic heterocycles. The Morgan fingerprint density at radius 2 is 2.23 bits per heavy atom. The van der Waals surface area contributed by atoms with Crippen LogP contribution >= 0.6 is 0 Å². The van der Waals surface area contributed by atoms with Crippen molar-refractivity contribution >= 4 is 10.0 Å². The Morgan fingerprint density at radius 3 is 2.77 bits per heavy atom. The number of nitrogens with one attached hydrogen (secondary N) is 1. The molecule has 1 fully saturated rings. The standard InChI is InChI=1S/C8H18N2O2S/c1-2-9-5-3-6-10-7-4-8-13(10,11)12/h9H,2-8H2,1H3. The lowest BCUT2D eigenvalue weighted by Gasteiger charge is -2.13. The van der Waals surface area contributed by atoms with E-state index in [1.54, 1.807) is 4.31 Å². The maximum Gasteiger partial charge on any atom is 0.214 e. The number of rotatable bonds is 5. The number of hydrogen-bond donors (Lipinski definition) is 1. The first-order valence-electron chi connectivity index (χ1n) is 4.85. The zero-order chi connectivity index (χ0) is 9.73. The van der Waals surface area contributed by atoms with E-state index >= 15 is 0 Å². The van der Waals surface area contributed by atoms with Gasteiger partial charge in [-0.3, -0.25) is 0 Å². The Bertz CT molecular complexity index is 239. The molecule has 78 valence electrons. The summed E-state index contributed by atoms with van der Waals surface area (Å²) in [5.74, 6) is 0.341. The highest BCUT2D eigenvalue weighted by molar-refractivity contribution is 7.89. The van der Waals surface area contributed by atoms with Gasteiger partial charge in [0.15, 0.2) is 0 Å². The molecule has 0 aromatic carbocycles. The van der Waals surface area contributed by atoms with Crippen LogP contribution in [0.4, 0.5) is 0 Å². The summed E-state index contributed by atoms with van der Waals surface area (Å²) in [4.78, 5) is 0. The first kappa shape index (κ1) is 10.9. The van der Waals surface area contributed by atoms with Crippen LogP contribution in [0.3, 0.4) is 0 Å². The number of hydrogen-bond acceptors (Lipinski definition) is 3. The van der Waals surface area contributed by atoms with Gasteiger partial charge in [-0.05, 0) is 25.9 Å². The van der Waals surface area contributed by atoms with Gasteiger partial charge in [0, 0.05) is 13.1 Å². The second kappa shape index (κ2) is 4.93. The van der Waals surface area contributed by atoms with E-state index in [9.17, 15) is 8.42 Å². The predicted octanol–water partition coefficient (Wildman–Crippen LogP) is 0.0215. The number of nitrogens with zero attached hydrogens (tertiary/aromatic N) is 1. The van der Waals surface area contributed by atoms with Crippen LogP contribution in [0.1, 0.15) is 19.8 Å². The molecule has 0 aromatic rings. The molecule has 1 N–H and O–H groups in total. The molecule has 0 aliphatic carbocycles. The summed E-state index contributed by atoms with van der Waals surface area (Å²) in [5, 5.41) is 3.18. The minimum Gasteiger partial charge on any atom is -0.317 e. The maximum absolute atomic E-state index is 11.3. The molecule has 1 aliphatic heterocycles. The molecular weight excluding hydrogens is 188 g/mol. The Labute approximate surface area is 80.4 Å². The maximum atomic E-state index is 11.3. The van der Waals surface area contributed by atoms with E-state index in [2.05, 4.69) is 5.32 Å². The number of sulfonamides is 1. The Morgan fingerprint density at radius 1 is 1.46 bits per heavy atom. The van der Waals surface area contributed by atoms with Crippen molar-refractivity contribution in [3.8, 4) is 0 Å². The summed E-state index contributed by atoms with van der Waals surface area (Å²) in [7, 11) is -2.87. The van der Waals surface area contributed by atoms with Gasteiger partial charge in [0.25, 0.3) is 0 Å². The fourth-order valence-corrected chi connectivity index (χ4v) is 3.07. The average Bonchev–Trinajstić information content (AvgIpc) is 2.40. The summed E-state index contributed by atoms with van der Waals surface area (Å²) in [6, 6.07) is 0. The highest BCUT2D eigenvalue weighted by Gasteiger charge is 2.26. The molecule has 0 radical (unpaired) electrons. The van der Waals surface area contributed by atoms with Gasteiger partial charge in [0.1, 0.15) is 0 Å². The van der Waals surface area contributed by atoms with Crippen LogP contribution < -0.4 is 5.32 Å². The lowest BCUT2D eigenvalue weighted by molar-refractivity contribution is 0.430. The van der Waals surface area contributed by atoms with Crippen molar-refractivity contribution in [2.45, 2.75) is 19.8 Å². The highest BCUT2D eigenvalue weighted by Crippen LogP contribution is 2.12. The average molecular weight is 206 g/mol. The molecule has 4 nitrogen and oxygen atoms in total. The predicted molar refractivity (Wildman–Crippen MR) is 53.1 cm³/mol. The third-order valence-corrected chi connectivity index (χ3v) is 4.17. The zero-order valence-electron chi connectivity index (χ0n) is 8.12. The summed E-state index contributed by atoms with van der Waals surface area (Å²) in [5.41, 5.74) is 0. The van der Waals surface area contributed by atoms with Crippen LogP contribution in [-0.2, 0) is 10.0 Å². The van der Waals surface area contributed by atoms with E-state index in [1.165, 1.54) is 0 Å². The van der Waals surface area contributed by atoms with Gasteiger partial charge in [-0.15, -0.1) is 0 Å². The molecule has 0 unspecified atom stereocenters. The van der Waals surface area contributed by atoms with Gasteiger partial charge in [0.05, 0.1) is 5.75 Å². The van der Waals surface area contributed by atoms with Crippen LogP contribution in [0, 0.1) is 0 Å². The molecule has 1 aliphatic rings. The van der Waals surface area contributed by atoms with Crippen molar-refractivity contribution in [3.63, 3.8) is 0 Å². The van der Waals surface area contributed by atoms with Crippen molar-refractivity contribution in [2.24, 2.45) is 0 Å². The Hall–Kier alpha value is -0.130. The topological polar surface area (TPSA) is 49.4 Å². The highest BCUT2D eigenvalue weighted by atomic mass is 32.2. The monoisotopic (exact) mass is 206 g/mol. The SMILES string of the molecule is CCNCCCN1CCCS1(=O)=O. The second-order valence-corrected chi connectivity index (χ2v) is 5.36. The van der Waals surface area contributed by atoms with Crippen LogP contribution in [0.5, 0.6) is 0 Å². The van der Waals surface area contributed by atoms with E-state index in [1.807, 2.05) is 6.92 Å². The van der Waals surface area contributed by atoms with Gasteiger partial charge in [-0.1, -0.05) is 6.92 Å². The van der Waals surface area contributed by atoms with E-state index in [0.717, 1.165) is 25.9 Å².